The van der Waals surface area contributed by atoms with Crippen molar-refractivity contribution in [1.82, 2.24) is 0 Å². The fourth-order valence-corrected chi connectivity index (χ4v) is 2.42. The molecule has 2 amide bonds. The summed E-state index contributed by atoms with van der Waals surface area (Å²) in [6.07, 6.45) is 0.360. The summed E-state index contributed by atoms with van der Waals surface area (Å²) in [6, 6.07) is 11.7. The number of hydrogen-bond donors (Lipinski definition) is 3. The lowest BCUT2D eigenvalue weighted by molar-refractivity contribution is -0.137. The Morgan fingerprint density at radius 3 is 2.35 bits per heavy atom. The highest BCUT2D eigenvalue weighted by Crippen LogP contribution is 2.21. The molecule has 0 saturated carbocycles. The van der Waals surface area contributed by atoms with Gasteiger partial charge in [-0.3, -0.25) is 14.4 Å². The molecule has 0 heterocycles. The number of aryl methyl sites for hydroxylation is 1. The number of aliphatic carboxylic acids is 1. The van der Waals surface area contributed by atoms with Gasteiger partial charge in [0.05, 0.1) is 0 Å². The quantitative estimate of drug-likeness (QED) is 0.680. The number of hydrogen-bond acceptors (Lipinski definition) is 3. The minimum Gasteiger partial charge on any atom is -0.481 e. The summed E-state index contributed by atoms with van der Waals surface area (Å²) in [4.78, 5) is 34.5. The van der Waals surface area contributed by atoms with Gasteiger partial charge in [0.2, 0.25) is 5.91 Å². The van der Waals surface area contributed by atoms with Crippen LogP contribution in [0.25, 0.3) is 0 Å². The van der Waals surface area contributed by atoms with Crippen molar-refractivity contribution >= 4 is 40.8 Å². The average molecular weight is 375 g/mol. The SMILES string of the molecule is Cc1ccc(Cl)cc1NC(=O)c1ccc(NC(=O)CCCC(=O)O)cc1. The summed E-state index contributed by atoms with van der Waals surface area (Å²) < 4.78 is 0. The highest BCUT2D eigenvalue weighted by atomic mass is 35.5. The average Bonchev–Trinajstić information content (AvgIpc) is 2.58. The fraction of sp³-hybridized carbons (Fsp3) is 0.211. The highest BCUT2D eigenvalue weighted by molar-refractivity contribution is 6.31. The lowest BCUT2D eigenvalue weighted by atomic mass is 10.1. The van der Waals surface area contributed by atoms with E-state index in [4.69, 9.17) is 16.7 Å². The summed E-state index contributed by atoms with van der Waals surface area (Å²) in [5.41, 5.74) is 2.51. The van der Waals surface area contributed by atoms with Gasteiger partial charge in [0, 0.05) is 34.8 Å². The molecule has 26 heavy (non-hydrogen) atoms. The Hall–Kier alpha value is -2.86. The second-order valence-electron chi connectivity index (χ2n) is 5.79. The van der Waals surface area contributed by atoms with E-state index in [1.165, 1.54) is 0 Å². The maximum atomic E-state index is 12.3. The van der Waals surface area contributed by atoms with Crippen molar-refractivity contribution in [2.45, 2.75) is 26.2 Å². The van der Waals surface area contributed by atoms with Crippen molar-refractivity contribution in [3.8, 4) is 0 Å². The molecular weight excluding hydrogens is 356 g/mol. The van der Waals surface area contributed by atoms with Gasteiger partial charge in [-0.2, -0.15) is 0 Å². The van der Waals surface area contributed by atoms with E-state index in [1.807, 2.05) is 13.0 Å². The molecule has 0 radical (unpaired) electrons. The van der Waals surface area contributed by atoms with Crippen LogP contribution in [0, 0.1) is 6.92 Å². The van der Waals surface area contributed by atoms with Gasteiger partial charge in [0.1, 0.15) is 0 Å². The third-order valence-electron chi connectivity index (χ3n) is 3.67. The van der Waals surface area contributed by atoms with Crippen molar-refractivity contribution in [3.63, 3.8) is 0 Å². The third kappa shape index (κ3) is 5.89. The second kappa shape index (κ2) is 9.01. The zero-order valence-electron chi connectivity index (χ0n) is 14.2. The van der Waals surface area contributed by atoms with Gasteiger partial charge in [-0.05, 0) is 55.3 Å². The monoisotopic (exact) mass is 374 g/mol. The number of rotatable bonds is 7. The molecule has 136 valence electrons. The van der Waals surface area contributed by atoms with Crippen LogP contribution in [-0.4, -0.2) is 22.9 Å². The van der Waals surface area contributed by atoms with E-state index in [2.05, 4.69) is 10.6 Å². The van der Waals surface area contributed by atoms with Gasteiger partial charge in [-0.15, -0.1) is 0 Å². The molecule has 2 aromatic rings. The number of nitrogens with one attached hydrogen (secondary N) is 2. The van der Waals surface area contributed by atoms with Crippen molar-refractivity contribution in [2.24, 2.45) is 0 Å². The van der Waals surface area contributed by atoms with Crippen LogP contribution >= 0.6 is 11.6 Å². The van der Waals surface area contributed by atoms with Gasteiger partial charge >= 0.3 is 5.97 Å². The Morgan fingerprint density at radius 2 is 1.69 bits per heavy atom. The molecule has 7 heteroatoms. The van der Waals surface area contributed by atoms with E-state index in [0.717, 1.165) is 5.56 Å². The number of halogens is 1. The van der Waals surface area contributed by atoms with Gasteiger partial charge in [0.25, 0.3) is 5.91 Å². The molecule has 6 nitrogen and oxygen atoms in total. The molecule has 0 atom stereocenters. The van der Waals surface area contributed by atoms with Gasteiger partial charge in [-0.25, -0.2) is 0 Å². The first kappa shape index (κ1) is 19.5. The second-order valence-corrected chi connectivity index (χ2v) is 6.22. The third-order valence-corrected chi connectivity index (χ3v) is 3.91. The summed E-state index contributed by atoms with van der Waals surface area (Å²) in [7, 11) is 0. The fourth-order valence-electron chi connectivity index (χ4n) is 2.25. The molecular formula is C19H19ClN2O4. The number of carbonyl (C=O) groups excluding carboxylic acids is 2. The van der Waals surface area contributed by atoms with Crippen LogP contribution in [0.15, 0.2) is 42.5 Å². The van der Waals surface area contributed by atoms with Crippen molar-refractivity contribution in [2.75, 3.05) is 10.6 Å². The van der Waals surface area contributed by atoms with Crippen LogP contribution in [0.2, 0.25) is 5.02 Å². The Balaban J connectivity index is 1.93. The molecule has 0 fully saturated rings. The number of carboxylic acids is 1. The maximum Gasteiger partial charge on any atom is 0.303 e. The smallest absolute Gasteiger partial charge is 0.303 e. The molecule has 0 aliphatic heterocycles. The van der Waals surface area contributed by atoms with E-state index in [0.29, 0.717) is 22.0 Å². The minimum atomic E-state index is -0.928. The van der Waals surface area contributed by atoms with Crippen LogP contribution in [0.4, 0.5) is 11.4 Å². The van der Waals surface area contributed by atoms with Gasteiger partial charge < -0.3 is 15.7 Å². The van der Waals surface area contributed by atoms with E-state index < -0.39 is 5.97 Å². The summed E-state index contributed by atoms with van der Waals surface area (Å²) >= 11 is 5.94. The summed E-state index contributed by atoms with van der Waals surface area (Å²) in [6.45, 7) is 1.87. The van der Waals surface area contributed by atoms with E-state index in [1.54, 1.807) is 36.4 Å². The predicted octanol–water partition coefficient (Wildman–Crippen LogP) is 4.09. The van der Waals surface area contributed by atoms with Crippen molar-refractivity contribution < 1.29 is 19.5 Å². The van der Waals surface area contributed by atoms with Crippen LogP contribution in [0.1, 0.15) is 35.2 Å². The Morgan fingerprint density at radius 1 is 1.00 bits per heavy atom. The van der Waals surface area contributed by atoms with Gasteiger partial charge in [0.15, 0.2) is 0 Å². The number of amides is 2. The maximum absolute atomic E-state index is 12.3. The first-order chi connectivity index (χ1) is 12.3. The first-order valence-electron chi connectivity index (χ1n) is 8.04. The highest BCUT2D eigenvalue weighted by Gasteiger charge is 2.09. The predicted molar refractivity (Wildman–Crippen MR) is 101 cm³/mol. The molecule has 2 aromatic carbocycles. The zero-order chi connectivity index (χ0) is 19.1. The largest absolute Gasteiger partial charge is 0.481 e. The number of carboxylic acid groups (broad SMARTS) is 1. The van der Waals surface area contributed by atoms with Crippen molar-refractivity contribution in [1.29, 1.82) is 0 Å². The standard InChI is InChI=1S/C19H19ClN2O4/c1-12-5-8-14(20)11-16(12)22-19(26)13-6-9-15(10-7-13)21-17(23)3-2-4-18(24)25/h5-11H,2-4H2,1H3,(H,21,23)(H,22,26)(H,24,25). The van der Waals surface area contributed by atoms with E-state index in [9.17, 15) is 14.4 Å². The lowest BCUT2D eigenvalue weighted by Gasteiger charge is -2.10. The number of carbonyl (C=O) groups is 3. The zero-order valence-corrected chi connectivity index (χ0v) is 15.0. The first-order valence-corrected chi connectivity index (χ1v) is 8.42. The Labute approximate surface area is 156 Å². The Bertz CT molecular complexity index is 819. The normalized spacial score (nSPS) is 10.2. The molecule has 0 aliphatic rings. The van der Waals surface area contributed by atoms with Crippen LogP contribution in [-0.2, 0) is 9.59 Å². The molecule has 0 spiro atoms. The van der Waals surface area contributed by atoms with E-state index >= 15 is 0 Å². The van der Waals surface area contributed by atoms with Crippen molar-refractivity contribution in [3.05, 3.63) is 58.6 Å². The Kier molecular flexibility index (Phi) is 6.74. The van der Waals surface area contributed by atoms with Crippen LogP contribution in [0.5, 0.6) is 0 Å². The summed E-state index contributed by atoms with van der Waals surface area (Å²) in [5.74, 6) is -1.48. The molecule has 0 aliphatic carbocycles. The lowest BCUT2D eigenvalue weighted by Crippen LogP contribution is -2.14. The van der Waals surface area contributed by atoms with Crippen LogP contribution in [0.3, 0.4) is 0 Å². The van der Waals surface area contributed by atoms with Gasteiger partial charge in [-0.1, -0.05) is 17.7 Å². The number of benzene rings is 2. The molecule has 3 N–H and O–H groups in total. The van der Waals surface area contributed by atoms with Crippen LogP contribution < -0.4 is 10.6 Å². The minimum absolute atomic E-state index is 0.0462. The molecule has 0 saturated heterocycles. The molecule has 2 rings (SSSR count). The molecule has 0 aromatic heterocycles. The topological polar surface area (TPSA) is 95.5 Å². The molecule has 0 bridgehead atoms. The summed E-state index contributed by atoms with van der Waals surface area (Å²) in [5, 5.41) is 14.6. The number of anilines is 2. The molecule has 0 unspecified atom stereocenters. The van der Waals surface area contributed by atoms with E-state index in [-0.39, 0.29) is 31.1 Å².